The van der Waals surface area contributed by atoms with E-state index >= 15 is 0 Å². The predicted octanol–water partition coefficient (Wildman–Crippen LogP) is 2.46. The Morgan fingerprint density at radius 1 is 1.27 bits per heavy atom. The van der Waals surface area contributed by atoms with E-state index < -0.39 is 0 Å². The molecule has 2 amide bonds. The second-order valence-corrected chi connectivity index (χ2v) is 5.81. The molecule has 2 atom stereocenters. The summed E-state index contributed by atoms with van der Waals surface area (Å²) >= 11 is 5.86. The topological polar surface area (TPSA) is 71.8 Å². The van der Waals surface area contributed by atoms with E-state index in [1.54, 1.807) is 10.9 Å². The highest BCUT2D eigenvalue weighted by Gasteiger charge is 2.15. The molecule has 2 rings (SSSR count). The zero-order valence-corrected chi connectivity index (χ0v) is 13.6. The third-order valence-electron chi connectivity index (χ3n) is 3.31. The average molecular weight is 322 g/mol. The minimum absolute atomic E-state index is 0.00729. The van der Waals surface area contributed by atoms with Crippen molar-refractivity contribution in [3.05, 3.63) is 47.0 Å². The van der Waals surface area contributed by atoms with Gasteiger partial charge in [-0.3, -0.25) is 0 Å². The quantitative estimate of drug-likeness (QED) is 0.888. The van der Waals surface area contributed by atoms with E-state index in [0.717, 1.165) is 12.0 Å². The number of aromatic nitrogens is 3. The Morgan fingerprint density at radius 2 is 1.95 bits per heavy atom. The summed E-state index contributed by atoms with van der Waals surface area (Å²) in [6, 6.07) is 7.18. The summed E-state index contributed by atoms with van der Waals surface area (Å²) in [5, 5.41) is 14.3. The van der Waals surface area contributed by atoms with Crippen LogP contribution in [-0.4, -0.2) is 26.8 Å². The third kappa shape index (κ3) is 4.46. The maximum atomic E-state index is 12.0. The van der Waals surface area contributed by atoms with E-state index in [0.29, 0.717) is 10.8 Å². The fourth-order valence-corrected chi connectivity index (χ4v) is 2.36. The third-order valence-corrected chi connectivity index (χ3v) is 3.57. The molecular formula is C15H20ClN5O. The lowest BCUT2D eigenvalue weighted by Gasteiger charge is -2.18. The number of urea groups is 1. The van der Waals surface area contributed by atoms with Gasteiger partial charge >= 0.3 is 6.03 Å². The molecule has 2 N–H and O–H groups in total. The van der Waals surface area contributed by atoms with Crippen molar-refractivity contribution in [3.8, 4) is 0 Å². The number of amides is 2. The molecule has 1 aromatic heterocycles. The van der Waals surface area contributed by atoms with Crippen LogP contribution in [0.2, 0.25) is 5.02 Å². The van der Waals surface area contributed by atoms with Crippen LogP contribution in [0.1, 0.15) is 31.3 Å². The lowest BCUT2D eigenvalue weighted by atomic mass is 10.1. The molecule has 0 radical (unpaired) electrons. The van der Waals surface area contributed by atoms with Crippen molar-refractivity contribution in [2.75, 3.05) is 0 Å². The van der Waals surface area contributed by atoms with Crippen LogP contribution in [0, 0.1) is 0 Å². The Morgan fingerprint density at radius 3 is 2.55 bits per heavy atom. The number of carbonyl (C=O) groups is 1. The van der Waals surface area contributed by atoms with Gasteiger partial charge in [0.05, 0.1) is 6.04 Å². The molecule has 0 fully saturated rings. The number of nitrogens with zero attached hydrogens (tertiary/aromatic N) is 3. The summed E-state index contributed by atoms with van der Waals surface area (Å²) in [7, 11) is 1.84. The maximum absolute atomic E-state index is 12.0. The van der Waals surface area contributed by atoms with E-state index in [2.05, 4.69) is 20.8 Å². The van der Waals surface area contributed by atoms with Crippen molar-refractivity contribution in [2.24, 2.45) is 7.05 Å². The highest BCUT2D eigenvalue weighted by molar-refractivity contribution is 6.30. The van der Waals surface area contributed by atoms with Crippen LogP contribution in [-0.2, 0) is 13.5 Å². The Hall–Kier alpha value is -2.08. The first-order valence-electron chi connectivity index (χ1n) is 7.11. The van der Waals surface area contributed by atoms with Crippen molar-refractivity contribution >= 4 is 17.6 Å². The van der Waals surface area contributed by atoms with Crippen molar-refractivity contribution < 1.29 is 4.79 Å². The van der Waals surface area contributed by atoms with Crippen LogP contribution in [0.15, 0.2) is 30.6 Å². The predicted molar refractivity (Wildman–Crippen MR) is 85.7 cm³/mol. The van der Waals surface area contributed by atoms with Crippen LogP contribution in [0.25, 0.3) is 0 Å². The van der Waals surface area contributed by atoms with Crippen molar-refractivity contribution in [2.45, 2.75) is 32.4 Å². The molecule has 0 saturated heterocycles. The van der Waals surface area contributed by atoms with Gasteiger partial charge in [-0.2, -0.15) is 0 Å². The smallest absolute Gasteiger partial charge is 0.315 e. The molecule has 6 nitrogen and oxygen atoms in total. The first kappa shape index (κ1) is 16.3. The molecule has 7 heteroatoms. The van der Waals surface area contributed by atoms with Crippen molar-refractivity contribution in [3.63, 3.8) is 0 Å². The van der Waals surface area contributed by atoms with Gasteiger partial charge < -0.3 is 15.2 Å². The number of rotatable bonds is 5. The summed E-state index contributed by atoms with van der Waals surface area (Å²) in [6.45, 7) is 3.83. The van der Waals surface area contributed by atoms with Gasteiger partial charge in [0.25, 0.3) is 0 Å². The largest absolute Gasteiger partial charge is 0.335 e. The Bertz CT molecular complexity index is 625. The van der Waals surface area contributed by atoms with Crippen LogP contribution >= 0.6 is 11.6 Å². The average Bonchev–Trinajstić information content (AvgIpc) is 2.87. The fraction of sp³-hybridized carbons (Fsp3) is 0.400. The fourth-order valence-electron chi connectivity index (χ4n) is 2.24. The van der Waals surface area contributed by atoms with Gasteiger partial charge in [0.2, 0.25) is 0 Å². The number of carbonyl (C=O) groups excluding carboxylic acids is 1. The van der Waals surface area contributed by atoms with Gasteiger partial charge in [0, 0.05) is 18.1 Å². The molecule has 0 bridgehead atoms. The normalized spacial score (nSPS) is 13.5. The van der Waals surface area contributed by atoms with Crippen LogP contribution in [0.5, 0.6) is 0 Å². The van der Waals surface area contributed by atoms with Gasteiger partial charge in [0.1, 0.15) is 6.33 Å². The summed E-state index contributed by atoms with van der Waals surface area (Å²) in [4.78, 5) is 12.0. The summed E-state index contributed by atoms with van der Waals surface area (Å²) in [5.41, 5.74) is 1.12. The van der Waals surface area contributed by atoms with Gasteiger partial charge in [-0.25, -0.2) is 4.79 Å². The Labute approximate surface area is 134 Å². The number of hydrogen-bond donors (Lipinski definition) is 2. The number of aryl methyl sites for hydroxylation is 1. The molecule has 118 valence electrons. The van der Waals surface area contributed by atoms with Crippen molar-refractivity contribution in [1.29, 1.82) is 0 Å². The first-order chi connectivity index (χ1) is 10.5. The molecule has 0 aliphatic rings. The van der Waals surface area contributed by atoms with Gasteiger partial charge in [-0.15, -0.1) is 10.2 Å². The molecule has 0 aliphatic carbocycles. The zero-order valence-electron chi connectivity index (χ0n) is 12.9. The molecule has 0 spiro atoms. The second kappa shape index (κ2) is 7.26. The molecule has 0 unspecified atom stereocenters. The summed E-state index contributed by atoms with van der Waals surface area (Å²) in [6.07, 6.45) is 2.34. The lowest BCUT2D eigenvalue weighted by molar-refractivity contribution is 0.234. The van der Waals surface area contributed by atoms with E-state index in [1.165, 1.54) is 0 Å². The maximum Gasteiger partial charge on any atom is 0.315 e. The molecule has 0 aliphatic heterocycles. The molecule has 1 heterocycles. The van der Waals surface area contributed by atoms with Crippen LogP contribution in [0.4, 0.5) is 4.79 Å². The second-order valence-electron chi connectivity index (χ2n) is 5.37. The standard InChI is InChI=1S/C15H20ClN5O/c1-10(8-12-4-6-13(16)7-5-12)18-15(22)19-11(2)14-20-17-9-21(14)3/h4-7,9-11H,8H2,1-3H3,(H2,18,19,22)/t10-,11-/m0/s1. The Kier molecular flexibility index (Phi) is 5.38. The monoisotopic (exact) mass is 321 g/mol. The SMILES string of the molecule is C[C@H](NC(=O)N[C@@H](C)Cc1ccc(Cl)cc1)c1nncn1C. The van der Waals surface area contributed by atoms with E-state index in [4.69, 9.17) is 11.6 Å². The molecule has 2 aromatic rings. The van der Waals surface area contributed by atoms with E-state index in [1.807, 2.05) is 45.2 Å². The number of halogens is 1. The lowest BCUT2D eigenvalue weighted by Crippen LogP contribution is -2.43. The number of hydrogen-bond acceptors (Lipinski definition) is 3. The van der Waals surface area contributed by atoms with Crippen molar-refractivity contribution in [1.82, 2.24) is 25.4 Å². The summed E-state index contributed by atoms with van der Waals surface area (Å²) < 4.78 is 1.78. The van der Waals surface area contributed by atoms with Crippen LogP contribution in [0.3, 0.4) is 0 Å². The number of benzene rings is 1. The van der Waals surface area contributed by atoms with Gasteiger partial charge in [-0.05, 0) is 38.0 Å². The molecular weight excluding hydrogens is 302 g/mol. The molecule has 22 heavy (non-hydrogen) atoms. The Balaban J connectivity index is 1.83. The highest BCUT2D eigenvalue weighted by Crippen LogP contribution is 2.11. The summed E-state index contributed by atoms with van der Waals surface area (Å²) in [5.74, 6) is 0.709. The van der Waals surface area contributed by atoms with Crippen LogP contribution < -0.4 is 10.6 Å². The minimum atomic E-state index is -0.225. The zero-order chi connectivity index (χ0) is 16.1. The first-order valence-corrected chi connectivity index (χ1v) is 7.49. The minimum Gasteiger partial charge on any atom is -0.335 e. The van der Waals surface area contributed by atoms with E-state index in [9.17, 15) is 4.79 Å². The van der Waals surface area contributed by atoms with E-state index in [-0.39, 0.29) is 18.1 Å². The number of nitrogens with one attached hydrogen (secondary N) is 2. The molecule has 0 saturated carbocycles. The van der Waals surface area contributed by atoms with Gasteiger partial charge in [0.15, 0.2) is 5.82 Å². The van der Waals surface area contributed by atoms with Gasteiger partial charge in [-0.1, -0.05) is 23.7 Å². The molecule has 1 aromatic carbocycles. The highest BCUT2D eigenvalue weighted by atomic mass is 35.5.